The molecule has 47 heavy (non-hydrogen) atoms. The zero-order valence-corrected chi connectivity index (χ0v) is 25.5. The molecule has 3 aromatic heterocycles. The molecule has 0 unspecified atom stereocenters. The predicted molar refractivity (Wildman–Crippen MR) is 165 cm³/mol. The fourth-order valence-electron chi connectivity index (χ4n) is 5.39. The van der Waals surface area contributed by atoms with Crippen LogP contribution >= 0.6 is 0 Å². The Balaban J connectivity index is 1.27. The van der Waals surface area contributed by atoms with Crippen molar-refractivity contribution in [3.05, 3.63) is 139 Å². The lowest BCUT2D eigenvalue weighted by atomic mass is 9.98. The van der Waals surface area contributed by atoms with Gasteiger partial charge < -0.3 is 4.52 Å². The number of rotatable bonds is 11. The molecule has 3 aromatic carbocycles. The number of hydrogen-bond acceptors (Lipinski definition) is 8. The van der Waals surface area contributed by atoms with Gasteiger partial charge in [0.2, 0.25) is 5.89 Å². The van der Waals surface area contributed by atoms with Crippen molar-refractivity contribution < 1.29 is 22.2 Å². The van der Waals surface area contributed by atoms with E-state index < -0.39 is 23.2 Å². The molecular formula is C34H29F3N6O4. The molecule has 0 spiro atoms. The Labute approximate surface area is 265 Å². The highest BCUT2D eigenvalue weighted by Gasteiger charge is 2.20. The van der Waals surface area contributed by atoms with Crippen LogP contribution in [0.25, 0.3) is 22.5 Å². The second-order valence-electron chi connectivity index (χ2n) is 11.1. The van der Waals surface area contributed by atoms with E-state index in [1.807, 2.05) is 48.5 Å². The number of aryl methyl sites for hydroxylation is 2. The standard InChI is InChI=1S/C34H29F3N6O4/c1-3-4-9-30-38-19(2)25(17-31-39-29(41-46-31)16-26-27(36)14-22(35)15-28(26)37)33(44)43(30)18-20-10-12-21(13-11-20)23-7-5-6-8-24(23)32-40-34(45)47-42-32/h5-8,10-15H,3-4,9,16-18H2,1-2H3,(H,40,42,45). The highest BCUT2D eigenvalue weighted by molar-refractivity contribution is 5.80. The number of nitrogens with one attached hydrogen (secondary N) is 1. The van der Waals surface area contributed by atoms with E-state index in [1.165, 1.54) is 0 Å². The molecule has 0 bridgehead atoms. The molecule has 10 nitrogen and oxygen atoms in total. The van der Waals surface area contributed by atoms with E-state index in [2.05, 4.69) is 31.7 Å². The van der Waals surface area contributed by atoms with Gasteiger partial charge in [-0.2, -0.15) is 4.98 Å². The van der Waals surface area contributed by atoms with Crippen LogP contribution < -0.4 is 11.3 Å². The quantitative estimate of drug-likeness (QED) is 0.184. The number of unbranched alkanes of at least 4 members (excludes halogenated alkanes) is 1. The minimum absolute atomic E-state index is 0.00788. The zero-order valence-electron chi connectivity index (χ0n) is 25.5. The molecule has 0 aliphatic heterocycles. The molecule has 0 aliphatic rings. The van der Waals surface area contributed by atoms with Gasteiger partial charge >= 0.3 is 5.76 Å². The maximum Gasteiger partial charge on any atom is 0.439 e. The summed E-state index contributed by atoms with van der Waals surface area (Å²) in [5.41, 5.74) is 3.51. The molecule has 0 amide bonds. The van der Waals surface area contributed by atoms with Gasteiger partial charge in [0.05, 0.1) is 13.0 Å². The molecule has 13 heteroatoms. The van der Waals surface area contributed by atoms with Crippen LogP contribution in [0.5, 0.6) is 0 Å². The van der Waals surface area contributed by atoms with Gasteiger partial charge in [0, 0.05) is 47.4 Å². The Morgan fingerprint density at radius 2 is 1.57 bits per heavy atom. The summed E-state index contributed by atoms with van der Waals surface area (Å²) in [6.45, 7) is 4.06. The van der Waals surface area contributed by atoms with Crippen LogP contribution in [0.15, 0.2) is 79.3 Å². The normalized spacial score (nSPS) is 11.3. The number of H-pyrrole nitrogens is 1. The van der Waals surface area contributed by atoms with Crippen molar-refractivity contribution >= 4 is 0 Å². The van der Waals surface area contributed by atoms with Gasteiger partial charge in [-0.25, -0.2) is 22.9 Å². The molecular weight excluding hydrogens is 613 g/mol. The predicted octanol–water partition coefficient (Wildman–Crippen LogP) is 5.93. The third kappa shape index (κ3) is 6.83. The summed E-state index contributed by atoms with van der Waals surface area (Å²) in [7, 11) is 0. The first-order valence-electron chi connectivity index (χ1n) is 15.0. The summed E-state index contributed by atoms with van der Waals surface area (Å²) >= 11 is 0. The molecule has 6 aromatic rings. The molecule has 0 saturated carbocycles. The lowest BCUT2D eigenvalue weighted by molar-refractivity contribution is 0.379. The fourth-order valence-corrected chi connectivity index (χ4v) is 5.39. The Morgan fingerprint density at radius 1 is 0.851 bits per heavy atom. The van der Waals surface area contributed by atoms with Gasteiger partial charge in [-0.05, 0) is 30.0 Å². The van der Waals surface area contributed by atoms with Crippen LogP contribution in [-0.4, -0.2) is 29.8 Å². The second kappa shape index (κ2) is 13.4. The summed E-state index contributed by atoms with van der Waals surface area (Å²) < 4.78 is 53.3. The highest BCUT2D eigenvalue weighted by Crippen LogP contribution is 2.30. The Hall–Kier alpha value is -5.59. The average molecular weight is 643 g/mol. The van der Waals surface area contributed by atoms with Crippen LogP contribution in [0.1, 0.15) is 59.7 Å². The van der Waals surface area contributed by atoms with Gasteiger partial charge in [-0.15, -0.1) is 0 Å². The van der Waals surface area contributed by atoms with Crippen molar-refractivity contribution in [2.45, 2.75) is 52.5 Å². The molecule has 6 rings (SSSR count). The summed E-state index contributed by atoms with van der Waals surface area (Å²) in [6.07, 6.45) is 1.98. The number of halogens is 3. The van der Waals surface area contributed by atoms with Crippen LogP contribution in [-0.2, 0) is 25.8 Å². The van der Waals surface area contributed by atoms with E-state index >= 15 is 0 Å². The van der Waals surface area contributed by atoms with Gasteiger partial charge in [-0.3, -0.25) is 18.9 Å². The maximum absolute atomic E-state index is 14.2. The van der Waals surface area contributed by atoms with E-state index in [0.29, 0.717) is 47.0 Å². The fraction of sp³-hybridized carbons (Fsp3) is 0.235. The average Bonchev–Trinajstić information content (AvgIpc) is 3.70. The Kier molecular flexibility index (Phi) is 8.96. The summed E-state index contributed by atoms with van der Waals surface area (Å²) in [6, 6.07) is 16.4. The second-order valence-corrected chi connectivity index (χ2v) is 11.1. The number of aromatic nitrogens is 6. The minimum atomic E-state index is -1.05. The monoisotopic (exact) mass is 642 g/mol. The SMILES string of the molecule is CCCCc1nc(C)c(Cc2nc(Cc3c(F)cc(F)cc3F)no2)c(=O)n1Cc1ccc(-c2ccccc2-c2noc(=O)[nH]2)cc1. The van der Waals surface area contributed by atoms with Crippen LogP contribution in [0.3, 0.4) is 0 Å². The molecule has 0 atom stereocenters. The van der Waals surface area contributed by atoms with E-state index in [9.17, 15) is 22.8 Å². The first-order chi connectivity index (χ1) is 22.7. The van der Waals surface area contributed by atoms with Crippen LogP contribution in [0.2, 0.25) is 0 Å². The van der Waals surface area contributed by atoms with E-state index in [1.54, 1.807) is 11.5 Å². The molecule has 1 N–H and O–H groups in total. The van der Waals surface area contributed by atoms with Crippen molar-refractivity contribution in [2.75, 3.05) is 0 Å². The third-order valence-corrected chi connectivity index (χ3v) is 7.81. The number of hydrogen-bond donors (Lipinski definition) is 1. The Morgan fingerprint density at radius 3 is 2.26 bits per heavy atom. The third-order valence-electron chi connectivity index (χ3n) is 7.81. The van der Waals surface area contributed by atoms with Gasteiger partial charge in [-0.1, -0.05) is 72.2 Å². The van der Waals surface area contributed by atoms with Crippen molar-refractivity contribution in [1.29, 1.82) is 0 Å². The number of aromatic amines is 1. The molecule has 0 radical (unpaired) electrons. The maximum atomic E-state index is 14.2. The number of benzene rings is 3. The summed E-state index contributed by atoms with van der Waals surface area (Å²) in [5, 5.41) is 7.63. The van der Waals surface area contributed by atoms with Crippen molar-refractivity contribution in [3.63, 3.8) is 0 Å². The lowest BCUT2D eigenvalue weighted by Crippen LogP contribution is -2.30. The first kappa shape index (κ1) is 31.4. The van der Waals surface area contributed by atoms with Crippen LogP contribution in [0, 0.1) is 24.4 Å². The lowest BCUT2D eigenvalue weighted by Gasteiger charge is -2.16. The van der Waals surface area contributed by atoms with Gasteiger partial charge in [0.1, 0.15) is 23.3 Å². The van der Waals surface area contributed by atoms with E-state index in [-0.39, 0.29) is 42.2 Å². The molecule has 0 aliphatic carbocycles. The number of nitrogens with zero attached hydrogens (tertiary/aromatic N) is 5. The van der Waals surface area contributed by atoms with Crippen molar-refractivity contribution in [2.24, 2.45) is 0 Å². The van der Waals surface area contributed by atoms with Gasteiger partial charge in [0.25, 0.3) is 5.56 Å². The molecule has 0 fully saturated rings. The van der Waals surface area contributed by atoms with E-state index in [4.69, 9.17) is 9.51 Å². The van der Waals surface area contributed by atoms with Crippen molar-refractivity contribution in [1.82, 2.24) is 29.8 Å². The molecule has 240 valence electrons. The molecule has 0 saturated heterocycles. The summed E-state index contributed by atoms with van der Waals surface area (Å²) in [5.74, 6) is -2.73. The highest BCUT2D eigenvalue weighted by atomic mass is 19.1. The van der Waals surface area contributed by atoms with Gasteiger partial charge in [0.15, 0.2) is 11.6 Å². The molecule has 3 heterocycles. The smallest absolute Gasteiger partial charge is 0.339 e. The first-order valence-corrected chi connectivity index (χ1v) is 15.0. The minimum Gasteiger partial charge on any atom is -0.339 e. The van der Waals surface area contributed by atoms with Crippen LogP contribution in [0.4, 0.5) is 13.2 Å². The van der Waals surface area contributed by atoms with E-state index in [0.717, 1.165) is 29.5 Å². The largest absolute Gasteiger partial charge is 0.439 e. The Bertz CT molecular complexity index is 2150. The zero-order chi connectivity index (χ0) is 33.1. The van der Waals surface area contributed by atoms with Crippen molar-refractivity contribution in [3.8, 4) is 22.5 Å². The summed E-state index contributed by atoms with van der Waals surface area (Å²) in [4.78, 5) is 37.1. The topological polar surface area (TPSA) is 133 Å².